The van der Waals surface area contributed by atoms with Crippen molar-refractivity contribution in [2.45, 2.75) is 39.5 Å². The van der Waals surface area contributed by atoms with Crippen molar-refractivity contribution in [2.24, 2.45) is 5.92 Å². The van der Waals surface area contributed by atoms with E-state index in [1.165, 1.54) is 25.3 Å². The number of carboxylic acids is 1. The fourth-order valence-corrected chi connectivity index (χ4v) is 2.04. The summed E-state index contributed by atoms with van der Waals surface area (Å²) < 4.78 is 0. The molecule has 1 unspecified atom stereocenters. The highest BCUT2D eigenvalue weighted by Crippen LogP contribution is 2.22. The van der Waals surface area contributed by atoms with Crippen molar-refractivity contribution in [2.75, 3.05) is 17.6 Å². The summed E-state index contributed by atoms with van der Waals surface area (Å²) in [5.41, 5.74) is 7.43. The molecule has 106 valence electrons. The van der Waals surface area contributed by atoms with Crippen LogP contribution >= 0.6 is 0 Å². The highest BCUT2D eigenvalue weighted by atomic mass is 16.4. The third kappa shape index (κ3) is 4.81. The highest BCUT2D eigenvalue weighted by molar-refractivity contribution is 5.90. The number of rotatable bonds is 8. The first-order valence-electron chi connectivity index (χ1n) is 6.95. The highest BCUT2D eigenvalue weighted by Gasteiger charge is 2.09. The first-order valence-corrected chi connectivity index (χ1v) is 6.95. The molecule has 0 fully saturated rings. The maximum absolute atomic E-state index is 10.9. The lowest BCUT2D eigenvalue weighted by Crippen LogP contribution is -2.15. The van der Waals surface area contributed by atoms with Gasteiger partial charge in [-0.2, -0.15) is 0 Å². The zero-order valence-corrected chi connectivity index (χ0v) is 11.8. The largest absolute Gasteiger partial charge is 0.478 e. The number of hydrogen-bond acceptors (Lipinski definition) is 3. The normalized spacial score (nSPS) is 12.1. The van der Waals surface area contributed by atoms with Crippen molar-refractivity contribution in [1.29, 1.82) is 0 Å². The molecule has 1 atom stereocenters. The monoisotopic (exact) mass is 264 g/mol. The van der Waals surface area contributed by atoms with Crippen LogP contribution in [-0.4, -0.2) is 17.6 Å². The molecule has 0 saturated carbocycles. The van der Waals surface area contributed by atoms with E-state index in [-0.39, 0.29) is 5.56 Å². The molecule has 0 aliphatic rings. The summed E-state index contributed by atoms with van der Waals surface area (Å²) in [6.07, 6.45) is 4.74. The molecule has 0 bridgehead atoms. The summed E-state index contributed by atoms with van der Waals surface area (Å²) in [7, 11) is 0. The summed E-state index contributed by atoms with van der Waals surface area (Å²) in [4.78, 5) is 10.9. The number of unbranched alkanes of at least 4 members (excludes halogenated alkanes) is 1. The minimum atomic E-state index is -0.930. The van der Waals surface area contributed by atoms with E-state index < -0.39 is 5.97 Å². The summed E-state index contributed by atoms with van der Waals surface area (Å²) in [5.74, 6) is -0.325. The molecule has 0 radical (unpaired) electrons. The van der Waals surface area contributed by atoms with Gasteiger partial charge in [-0.15, -0.1) is 0 Å². The van der Waals surface area contributed by atoms with E-state index in [2.05, 4.69) is 19.2 Å². The number of anilines is 2. The van der Waals surface area contributed by atoms with Gasteiger partial charge in [0.25, 0.3) is 0 Å². The molecule has 1 rings (SSSR count). The second kappa shape index (κ2) is 7.67. The Morgan fingerprint density at radius 3 is 2.74 bits per heavy atom. The maximum Gasteiger partial charge on any atom is 0.335 e. The Balaban J connectivity index is 2.65. The smallest absolute Gasteiger partial charge is 0.335 e. The first kappa shape index (κ1) is 15.3. The van der Waals surface area contributed by atoms with Crippen molar-refractivity contribution in [3.8, 4) is 0 Å². The van der Waals surface area contributed by atoms with Crippen LogP contribution in [0, 0.1) is 5.92 Å². The predicted molar refractivity (Wildman–Crippen MR) is 79.6 cm³/mol. The Labute approximate surface area is 115 Å². The molecule has 4 nitrogen and oxygen atoms in total. The lowest BCUT2D eigenvalue weighted by atomic mass is 9.99. The third-order valence-corrected chi connectivity index (χ3v) is 3.42. The number of benzene rings is 1. The van der Waals surface area contributed by atoms with E-state index in [9.17, 15) is 4.79 Å². The Morgan fingerprint density at radius 2 is 2.16 bits per heavy atom. The van der Waals surface area contributed by atoms with Gasteiger partial charge in [0.1, 0.15) is 0 Å². The number of aromatic carboxylic acids is 1. The van der Waals surface area contributed by atoms with Crippen LogP contribution in [0.15, 0.2) is 18.2 Å². The van der Waals surface area contributed by atoms with Gasteiger partial charge in [0, 0.05) is 6.54 Å². The van der Waals surface area contributed by atoms with Gasteiger partial charge in [-0.05, 0) is 30.5 Å². The Hall–Kier alpha value is -1.71. The SMILES string of the molecule is CCCCC(CC)CNc1cc(C(=O)O)ccc1N. The number of nitrogens with two attached hydrogens (primary N) is 1. The average molecular weight is 264 g/mol. The fraction of sp³-hybridized carbons (Fsp3) is 0.533. The van der Waals surface area contributed by atoms with E-state index in [1.807, 2.05) is 0 Å². The van der Waals surface area contributed by atoms with Gasteiger partial charge >= 0.3 is 5.97 Å². The lowest BCUT2D eigenvalue weighted by Gasteiger charge is -2.17. The molecule has 4 N–H and O–H groups in total. The van der Waals surface area contributed by atoms with E-state index in [1.54, 1.807) is 12.1 Å². The quantitative estimate of drug-likeness (QED) is 0.627. The Kier molecular flexibility index (Phi) is 6.19. The van der Waals surface area contributed by atoms with Gasteiger partial charge in [-0.3, -0.25) is 0 Å². The number of carboxylic acid groups (broad SMARTS) is 1. The zero-order valence-electron chi connectivity index (χ0n) is 11.8. The van der Waals surface area contributed by atoms with Crippen LogP contribution in [0.5, 0.6) is 0 Å². The number of carbonyl (C=O) groups is 1. The van der Waals surface area contributed by atoms with Crippen LogP contribution in [0.1, 0.15) is 49.9 Å². The molecular weight excluding hydrogens is 240 g/mol. The van der Waals surface area contributed by atoms with Crippen LogP contribution in [0.4, 0.5) is 11.4 Å². The molecule has 0 aromatic heterocycles. The molecule has 1 aromatic carbocycles. The molecule has 19 heavy (non-hydrogen) atoms. The van der Waals surface area contributed by atoms with Crippen molar-refractivity contribution in [3.05, 3.63) is 23.8 Å². The Bertz CT molecular complexity index is 419. The average Bonchev–Trinajstić information content (AvgIpc) is 2.40. The molecule has 0 heterocycles. The van der Waals surface area contributed by atoms with Gasteiger partial charge in [0.05, 0.1) is 16.9 Å². The second-order valence-corrected chi connectivity index (χ2v) is 4.90. The molecule has 4 heteroatoms. The molecule has 0 amide bonds. The lowest BCUT2D eigenvalue weighted by molar-refractivity contribution is 0.0697. The third-order valence-electron chi connectivity index (χ3n) is 3.42. The van der Waals surface area contributed by atoms with Gasteiger partial charge in [-0.1, -0.05) is 33.1 Å². The van der Waals surface area contributed by atoms with Crippen LogP contribution < -0.4 is 11.1 Å². The van der Waals surface area contributed by atoms with E-state index in [0.29, 0.717) is 11.6 Å². The van der Waals surface area contributed by atoms with Crippen LogP contribution in [-0.2, 0) is 0 Å². The van der Waals surface area contributed by atoms with Gasteiger partial charge in [0.2, 0.25) is 0 Å². The van der Waals surface area contributed by atoms with Gasteiger partial charge in [-0.25, -0.2) is 4.79 Å². The number of nitrogens with one attached hydrogen (secondary N) is 1. The standard InChI is InChI=1S/C15H24N2O2/c1-3-5-6-11(4-2)10-17-14-9-12(15(18)19)7-8-13(14)16/h7-9,11,17H,3-6,10,16H2,1-2H3,(H,18,19). The zero-order chi connectivity index (χ0) is 14.3. The molecule has 0 saturated heterocycles. The molecule has 0 aliphatic carbocycles. The number of nitrogen functional groups attached to an aromatic ring is 1. The van der Waals surface area contributed by atoms with Crippen LogP contribution in [0.3, 0.4) is 0 Å². The van der Waals surface area contributed by atoms with E-state index in [4.69, 9.17) is 10.8 Å². The molecule has 0 aliphatic heterocycles. The van der Waals surface area contributed by atoms with Crippen LogP contribution in [0.2, 0.25) is 0 Å². The first-order chi connectivity index (χ1) is 9.08. The summed E-state index contributed by atoms with van der Waals surface area (Å²) in [5, 5.41) is 12.3. The van der Waals surface area contributed by atoms with Crippen molar-refractivity contribution in [3.63, 3.8) is 0 Å². The van der Waals surface area contributed by atoms with Gasteiger partial charge in [0.15, 0.2) is 0 Å². The Morgan fingerprint density at radius 1 is 1.42 bits per heavy atom. The minimum absolute atomic E-state index is 0.262. The molecular formula is C15H24N2O2. The van der Waals surface area contributed by atoms with Crippen molar-refractivity contribution in [1.82, 2.24) is 0 Å². The summed E-state index contributed by atoms with van der Waals surface area (Å²) in [6, 6.07) is 4.76. The second-order valence-electron chi connectivity index (χ2n) is 4.90. The van der Waals surface area contributed by atoms with Gasteiger partial charge < -0.3 is 16.2 Å². The fourth-order valence-electron chi connectivity index (χ4n) is 2.04. The summed E-state index contributed by atoms with van der Waals surface area (Å²) in [6.45, 7) is 5.21. The molecule has 0 spiro atoms. The minimum Gasteiger partial charge on any atom is -0.478 e. The van der Waals surface area contributed by atoms with E-state index in [0.717, 1.165) is 18.7 Å². The van der Waals surface area contributed by atoms with Crippen molar-refractivity contribution >= 4 is 17.3 Å². The topological polar surface area (TPSA) is 75.3 Å². The number of hydrogen-bond donors (Lipinski definition) is 3. The van der Waals surface area contributed by atoms with Crippen molar-refractivity contribution < 1.29 is 9.90 Å². The molecule has 1 aromatic rings. The summed E-state index contributed by atoms with van der Waals surface area (Å²) >= 11 is 0. The van der Waals surface area contributed by atoms with E-state index >= 15 is 0 Å². The maximum atomic E-state index is 10.9. The van der Waals surface area contributed by atoms with Crippen LogP contribution in [0.25, 0.3) is 0 Å². The predicted octanol–water partition coefficient (Wildman–Crippen LogP) is 3.60.